The highest BCUT2D eigenvalue weighted by Crippen LogP contribution is 2.35. The lowest BCUT2D eigenvalue weighted by molar-refractivity contribution is -0.141. The second kappa shape index (κ2) is 10.9. The van der Waals surface area contributed by atoms with Gasteiger partial charge in [-0.1, -0.05) is 22.0 Å². The normalized spacial score (nSPS) is 10.9. The average molecular weight is 489 g/mol. The van der Waals surface area contributed by atoms with E-state index in [4.69, 9.17) is 9.47 Å². The number of benzene rings is 2. The molecule has 0 atom stereocenters. The van der Waals surface area contributed by atoms with Gasteiger partial charge in [-0.3, -0.25) is 9.69 Å². The summed E-state index contributed by atoms with van der Waals surface area (Å²) in [5.41, 5.74) is 1.65. The van der Waals surface area contributed by atoms with Crippen LogP contribution in [0.15, 0.2) is 47.2 Å². The first kappa shape index (κ1) is 22.8. The van der Waals surface area contributed by atoms with Crippen LogP contribution < -0.4 is 14.8 Å². The van der Waals surface area contributed by atoms with Crippen LogP contribution in [0.1, 0.15) is 6.42 Å². The summed E-state index contributed by atoms with van der Waals surface area (Å²) in [6.07, 6.45) is 2.26. The quantitative estimate of drug-likeness (QED) is 0.338. The van der Waals surface area contributed by atoms with Crippen LogP contribution in [0.3, 0.4) is 0 Å². The maximum absolute atomic E-state index is 11.3. The average Bonchev–Trinajstić information content (AvgIpc) is 2.76. The predicted molar refractivity (Wildman–Crippen MR) is 123 cm³/mol. The second-order valence-corrected chi connectivity index (χ2v) is 7.81. The fraction of sp³-hybridized carbons (Fsp3) is 0.318. The molecule has 0 radical (unpaired) electrons. The van der Waals surface area contributed by atoms with Gasteiger partial charge in [0.2, 0.25) is 0 Å². The Balaban J connectivity index is 1.71. The number of carbonyl (C=O) groups excluding carboxylic acids is 1. The minimum Gasteiger partial charge on any atom is -0.493 e. The van der Waals surface area contributed by atoms with E-state index in [9.17, 15) is 4.79 Å². The third kappa shape index (κ3) is 6.28. The van der Waals surface area contributed by atoms with Crippen molar-refractivity contribution in [1.82, 2.24) is 14.9 Å². The number of anilines is 2. The van der Waals surface area contributed by atoms with Crippen LogP contribution in [0.5, 0.6) is 11.5 Å². The van der Waals surface area contributed by atoms with Crippen LogP contribution in [-0.4, -0.2) is 61.8 Å². The highest BCUT2D eigenvalue weighted by Gasteiger charge is 2.12. The van der Waals surface area contributed by atoms with Crippen molar-refractivity contribution < 1.29 is 19.0 Å². The van der Waals surface area contributed by atoms with Crippen molar-refractivity contribution in [2.24, 2.45) is 0 Å². The van der Waals surface area contributed by atoms with Crippen molar-refractivity contribution in [3.63, 3.8) is 0 Å². The van der Waals surface area contributed by atoms with Gasteiger partial charge >= 0.3 is 5.97 Å². The van der Waals surface area contributed by atoms with E-state index in [-0.39, 0.29) is 12.5 Å². The molecule has 164 valence electrons. The molecule has 0 unspecified atom stereocenters. The molecule has 9 heteroatoms. The lowest BCUT2D eigenvalue weighted by Crippen LogP contribution is -2.28. The molecule has 0 aliphatic carbocycles. The van der Waals surface area contributed by atoms with E-state index in [2.05, 4.69) is 36.0 Å². The van der Waals surface area contributed by atoms with E-state index < -0.39 is 0 Å². The predicted octanol–water partition coefficient (Wildman–Crippen LogP) is 4.02. The number of likely N-dealkylation sites (N-methyl/N-ethyl adjacent to an activating group) is 1. The van der Waals surface area contributed by atoms with Crippen LogP contribution in [0, 0.1) is 0 Å². The largest absolute Gasteiger partial charge is 0.493 e. The van der Waals surface area contributed by atoms with E-state index in [0.29, 0.717) is 30.5 Å². The molecule has 0 aliphatic heterocycles. The Morgan fingerprint density at radius 1 is 1.16 bits per heavy atom. The number of halogens is 1. The topological polar surface area (TPSA) is 85.8 Å². The Kier molecular flexibility index (Phi) is 8.02. The standard InChI is InChI=1S/C22H25BrN4O4/c1-27(13-21(28)30-3)8-5-9-31-20-12-18-17(11-19(20)29-2)22(25-14-24-18)26-16-7-4-6-15(23)10-16/h4,6-7,10-12,14H,5,8-9,13H2,1-3H3,(H,24,25,26). The Labute approximate surface area is 189 Å². The fourth-order valence-corrected chi connectivity index (χ4v) is 3.42. The maximum atomic E-state index is 11.3. The lowest BCUT2D eigenvalue weighted by atomic mass is 10.2. The third-order valence-corrected chi connectivity index (χ3v) is 5.07. The monoisotopic (exact) mass is 488 g/mol. The van der Waals surface area contributed by atoms with Crippen LogP contribution in [0.25, 0.3) is 10.9 Å². The van der Waals surface area contributed by atoms with Gasteiger partial charge in [0.25, 0.3) is 0 Å². The molecule has 3 aromatic rings. The van der Waals surface area contributed by atoms with Gasteiger partial charge in [0.1, 0.15) is 12.1 Å². The van der Waals surface area contributed by atoms with E-state index >= 15 is 0 Å². The van der Waals surface area contributed by atoms with Gasteiger partial charge in [0.15, 0.2) is 11.5 Å². The summed E-state index contributed by atoms with van der Waals surface area (Å²) in [7, 11) is 4.85. The van der Waals surface area contributed by atoms with Gasteiger partial charge in [-0.2, -0.15) is 0 Å². The maximum Gasteiger partial charge on any atom is 0.319 e. The molecule has 1 N–H and O–H groups in total. The molecule has 0 saturated carbocycles. The number of aromatic nitrogens is 2. The van der Waals surface area contributed by atoms with E-state index in [1.54, 1.807) is 7.11 Å². The van der Waals surface area contributed by atoms with Gasteiger partial charge in [-0.15, -0.1) is 0 Å². The van der Waals surface area contributed by atoms with E-state index in [0.717, 1.165) is 27.5 Å². The highest BCUT2D eigenvalue weighted by atomic mass is 79.9. The number of hydrogen-bond donors (Lipinski definition) is 1. The Morgan fingerprint density at radius 3 is 2.74 bits per heavy atom. The summed E-state index contributed by atoms with van der Waals surface area (Å²) in [5.74, 6) is 1.63. The van der Waals surface area contributed by atoms with E-state index in [1.165, 1.54) is 13.4 Å². The molecule has 0 aliphatic rings. The van der Waals surface area contributed by atoms with E-state index in [1.807, 2.05) is 48.3 Å². The minimum atomic E-state index is -0.258. The molecule has 0 spiro atoms. The molecule has 1 heterocycles. The molecular weight excluding hydrogens is 464 g/mol. The number of fused-ring (bicyclic) bond motifs is 1. The zero-order chi connectivity index (χ0) is 22.2. The molecule has 0 amide bonds. The SMILES string of the molecule is COC(=O)CN(C)CCCOc1cc2ncnc(Nc3cccc(Br)c3)c2cc1OC. The molecule has 31 heavy (non-hydrogen) atoms. The molecule has 8 nitrogen and oxygen atoms in total. The van der Waals surface area contributed by atoms with Crippen molar-refractivity contribution in [3.8, 4) is 11.5 Å². The zero-order valence-corrected chi connectivity index (χ0v) is 19.3. The number of carbonyl (C=O) groups is 1. The van der Waals surface area contributed by atoms with Crippen molar-refractivity contribution in [3.05, 3.63) is 47.2 Å². The Hall–Kier alpha value is -2.91. The molecule has 0 fully saturated rings. The molecule has 0 saturated heterocycles. The number of rotatable bonds is 10. The molecule has 3 rings (SSSR count). The van der Waals surface area contributed by atoms with Crippen molar-refractivity contribution in [2.75, 3.05) is 46.3 Å². The van der Waals surface area contributed by atoms with Crippen LogP contribution >= 0.6 is 15.9 Å². The minimum absolute atomic E-state index is 0.250. The Bertz CT molecular complexity index is 1050. The lowest BCUT2D eigenvalue weighted by Gasteiger charge is -2.16. The first-order chi connectivity index (χ1) is 15.0. The molecule has 0 bridgehead atoms. The third-order valence-electron chi connectivity index (χ3n) is 4.58. The first-order valence-corrected chi connectivity index (χ1v) is 10.5. The molecule has 2 aromatic carbocycles. The van der Waals surface area contributed by atoms with Crippen molar-refractivity contribution in [2.45, 2.75) is 6.42 Å². The summed E-state index contributed by atoms with van der Waals surface area (Å²) >= 11 is 3.48. The van der Waals surface area contributed by atoms with Crippen LogP contribution in [0.4, 0.5) is 11.5 Å². The summed E-state index contributed by atoms with van der Waals surface area (Å²) in [5, 5.41) is 4.15. The highest BCUT2D eigenvalue weighted by molar-refractivity contribution is 9.10. The van der Waals surface area contributed by atoms with Gasteiger partial charge < -0.3 is 19.5 Å². The number of methoxy groups -OCH3 is 2. The summed E-state index contributed by atoms with van der Waals surface area (Å²) in [6, 6.07) is 11.6. The molecule has 1 aromatic heterocycles. The number of nitrogens with one attached hydrogen (secondary N) is 1. The summed E-state index contributed by atoms with van der Waals surface area (Å²) in [6.45, 7) is 1.43. The van der Waals surface area contributed by atoms with Crippen LogP contribution in [0.2, 0.25) is 0 Å². The molecular formula is C22H25BrN4O4. The smallest absolute Gasteiger partial charge is 0.319 e. The summed E-state index contributed by atoms with van der Waals surface area (Å²) in [4.78, 5) is 22.0. The zero-order valence-electron chi connectivity index (χ0n) is 17.7. The number of hydrogen-bond acceptors (Lipinski definition) is 8. The van der Waals surface area contributed by atoms with Gasteiger partial charge in [-0.25, -0.2) is 9.97 Å². The van der Waals surface area contributed by atoms with Gasteiger partial charge in [-0.05, 0) is 37.7 Å². The fourth-order valence-electron chi connectivity index (χ4n) is 3.02. The van der Waals surface area contributed by atoms with Crippen molar-refractivity contribution in [1.29, 1.82) is 0 Å². The van der Waals surface area contributed by atoms with Crippen LogP contribution in [-0.2, 0) is 9.53 Å². The Morgan fingerprint density at radius 2 is 2.00 bits per heavy atom. The van der Waals surface area contributed by atoms with Crippen molar-refractivity contribution >= 4 is 44.3 Å². The van der Waals surface area contributed by atoms with Gasteiger partial charge in [0.05, 0.1) is 32.9 Å². The number of ether oxygens (including phenoxy) is 3. The first-order valence-electron chi connectivity index (χ1n) is 9.73. The van der Waals surface area contributed by atoms with Gasteiger partial charge in [0, 0.05) is 28.2 Å². The second-order valence-electron chi connectivity index (χ2n) is 6.89. The number of nitrogens with zero attached hydrogens (tertiary/aromatic N) is 3. The summed E-state index contributed by atoms with van der Waals surface area (Å²) < 4.78 is 17.1. The number of esters is 1.